The summed E-state index contributed by atoms with van der Waals surface area (Å²) in [5.41, 5.74) is 0. The Morgan fingerprint density at radius 2 is 2.17 bits per heavy atom. The van der Waals surface area contributed by atoms with E-state index in [0.717, 1.165) is 12.8 Å². The monoisotopic (exact) mass is 170 g/mol. The van der Waals surface area contributed by atoms with Crippen LogP contribution in [0.4, 0.5) is 0 Å². The summed E-state index contributed by atoms with van der Waals surface area (Å²) in [6.45, 7) is 3.58. The average Bonchev–Trinajstić information content (AvgIpc) is 1.97. The van der Waals surface area contributed by atoms with Crippen molar-refractivity contribution in [1.29, 1.82) is 0 Å². The molecule has 0 aromatic rings. The molecule has 0 spiro atoms. The van der Waals surface area contributed by atoms with Crippen LogP contribution < -0.4 is 0 Å². The first kappa shape index (κ1) is 11.4. The highest BCUT2D eigenvalue weighted by molar-refractivity contribution is 5.75. The Balaban J connectivity index is 3.37. The lowest BCUT2D eigenvalue weighted by Crippen LogP contribution is -2.10. The predicted molar refractivity (Wildman–Crippen MR) is 50.0 cm³/mol. The highest BCUT2D eigenvalue weighted by atomic mass is 16.3. The van der Waals surface area contributed by atoms with Crippen molar-refractivity contribution in [3.63, 3.8) is 0 Å². The van der Waals surface area contributed by atoms with Crippen molar-refractivity contribution in [2.45, 2.75) is 45.6 Å². The van der Waals surface area contributed by atoms with E-state index < -0.39 is 6.10 Å². The Morgan fingerprint density at radius 1 is 1.50 bits per heavy atom. The van der Waals surface area contributed by atoms with Gasteiger partial charge in [0.15, 0.2) is 0 Å². The molecule has 0 bridgehead atoms. The topological polar surface area (TPSA) is 37.3 Å². The van der Waals surface area contributed by atoms with E-state index in [1.807, 2.05) is 6.08 Å². The van der Waals surface area contributed by atoms with Gasteiger partial charge in [0.1, 0.15) is 5.78 Å². The fraction of sp³-hybridized carbons (Fsp3) is 0.700. The smallest absolute Gasteiger partial charge is 0.132 e. The third-order valence-corrected chi connectivity index (χ3v) is 1.59. The number of carbonyl (C=O) groups excluding carboxylic acids is 1. The largest absolute Gasteiger partial charge is 0.393 e. The van der Waals surface area contributed by atoms with Gasteiger partial charge in [-0.1, -0.05) is 19.1 Å². The van der Waals surface area contributed by atoms with Gasteiger partial charge in [0.25, 0.3) is 0 Å². The molecule has 0 saturated heterocycles. The van der Waals surface area contributed by atoms with E-state index in [4.69, 9.17) is 0 Å². The molecular formula is C10H18O2. The van der Waals surface area contributed by atoms with Crippen LogP contribution in [-0.2, 0) is 4.79 Å². The van der Waals surface area contributed by atoms with E-state index >= 15 is 0 Å². The summed E-state index contributed by atoms with van der Waals surface area (Å²) in [6, 6.07) is 0. The lowest BCUT2D eigenvalue weighted by atomic mass is 10.1. The zero-order valence-electron chi connectivity index (χ0n) is 7.92. The number of ketones is 1. The second-order valence-electron chi connectivity index (χ2n) is 3.02. The summed E-state index contributed by atoms with van der Waals surface area (Å²) in [6.07, 6.45) is 6.54. The molecule has 0 saturated carbocycles. The van der Waals surface area contributed by atoms with Crippen molar-refractivity contribution in [2.24, 2.45) is 0 Å². The van der Waals surface area contributed by atoms with Gasteiger partial charge in [-0.25, -0.2) is 0 Å². The summed E-state index contributed by atoms with van der Waals surface area (Å²) in [5.74, 6) is 0.0574. The van der Waals surface area contributed by atoms with Crippen LogP contribution in [0.1, 0.15) is 39.5 Å². The minimum absolute atomic E-state index is 0.0574. The van der Waals surface area contributed by atoms with Crippen LogP contribution in [0.2, 0.25) is 0 Å². The Morgan fingerprint density at radius 3 is 2.67 bits per heavy atom. The molecule has 0 aliphatic rings. The first-order valence-corrected chi connectivity index (χ1v) is 4.49. The third-order valence-electron chi connectivity index (χ3n) is 1.59. The molecular weight excluding hydrogens is 152 g/mol. The molecule has 2 heteroatoms. The molecule has 0 aliphatic heterocycles. The number of aliphatic hydroxyl groups is 1. The minimum atomic E-state index is -0.455. The number of carbonyl (C=O) groups is 1. The van der Waals surface area contributed by atoms with E-state index in [1.165, 1.54) is 6.92 Å². The van der Waals surface area contributed by atoms with Gasteiger partial charge in [-0.05, 0) is 26.2 Å². The molecule has 0 aromatic carbocycles. The number of hydrogen-bond donors (Lipinski definition) is 1. The van der Waals surface area contributed by atoms with Crippen molar-refractivity contribution >= 4 is 5.78 Å². The van der Waals surface area contributed by atoms with E-state index in [0.29, 0.717) is 12.8 Å². The van der Waals surface area contributed by atoms with Crippen LogP contribution in [0.5, 0.6) is 0 Å². The standard InChI is InChI=1S/C10H18O2/c1-3-4-5-6-7-10(12)8-9(2)11/h4-5,10,12H,3,6-8H2,1-2H3/b5-4-. The molecule has 1 N–H and O–H groups in total. The first-order chi connectivity index (χ1) is 5.66. The van der Waals surface area contributed by atoms with Crippen LogP contribution >= 0.6 is 0 Å². The summed E-state index contributed by atoms with van der Waals surface area (Å²) < 4.78 is 0. The summed E-state index contributed by atoms with van der Waals surface area (Å²) in [4.78, 5) is 10.6. The van der Waals surface area contributed by atoms with Crippen LogP contribution in [0.25, 0.3) is 0 Å². The quantitative estimate of drug-likeness (QED) is 0.620. The lowest BCUT2D eigenvalue weighted by molar-refractivity contribution is -0.118. The second kappa shape index (κ2) is 7.04. The van der Waals surface area contributed by atoms with E-state index in [-0.39, 0.29) is 5.78 Å². The maximum atomic E-state index is 10.6. The summed E-state index contributed by atoms with van der Waals surface area (Å²) in [5, 5.41) is 9.26. The number of aliphatic hydroxyl groups excluding tert-OH is 1. The number of allylic oxidation sites excluding steroid dienone is 2. The van der Waals surface area contributed by atoms with Crippen molar-refractivity contribution in [3.05, 3.63) is 12.2 Å². The van der Waals surface area contributed by atoms with Gasteiger partial charge in [-0.3, -0.25) is 4.79 Å². The van der Waals surface area contributed by atoms with Gasteiger partial charge in [0, 0.05) is 6.42 Å². The molecule has 0 heterocycles. The normalized spacial score (nSPS) is 13.6. The Kier molecular flexibility index (Phi) is 6.67. The Hall–Kier alpha value is -0.630. The summed E-state index contributed by atoms with van der Waals surface area (Å²) in [7, 11) is 0. The molecule has 0 fully saturated rings. The van der Waals surface area contributed by atoms with Crippen molar-refractivity contribution in [2.75, 3.05) is 0 Å². The van der Waals surface area contributed by atoms with Crippen LogP contribution in [0.15, 0.2) is 12.2 Å². The fourth-order valence-electron chi connectivity index (χ4n) is 1.01. The highest BCUT2D eigenvalue weighted by Gasteiger charge is 2.04. The minimum Gasteiger partial charge on any atom is -0.393 e. The second-order valence-corrected chi connectivity index (χ2v) is 3.02. The zero-order valence-corrected chi connectivity index (χ0v) is 7.92. The highest BCUT2D eigenvalue weighted by Crippen LogP contribution is 2.03. The number of Topliss-reactive ketones (excluding diaryl/α,β-unsaturated/α-hetero) is 1. The molecule has 2 nitrogen and oxygen atoms in total. The van der Waals surface area contributed by atoms with Crippen molar-refractivity contribution < 1.29 is 9.90 Å². The Labute approximate surface area is 74.3 Å². The first-order valence-electron chi connectivity index (χ1n) is 4.49. The maximum absolute atomic E-state index is 10.6. The van der Waals surface area contributed by atoms with Gasteiger partial charge in [-0.15, -0.1) is 0 Å². The zero-order chi connectivity index (χ0) is 9.40. The van der Waals surface area contributed by atoms with E-state index in [1.54, 1.807) is 0 Å². The van der Waals surface area contributed by atoms with Crippen LogP contribution in [0.3, 0.4) is 0 Å². The molecule has 0 aromatic heterocycles. The van der Waals surface area contributed by atoms with E-state index in [2.05, 4.69) is 13.0 Å². The van der Waals surface area contributed by atoms with Crippen LogP contribution in [-0.4, -0.2) is 17.0 Å². The van der Waals surface area contributed by atoms with Gasteiger partial charge in [-0.2, -0.15) is 0 Å². The average molecular weight is 170 g/mol. The maximum Gasteiger partial charge on any atom is 0.132 e. The number of hydrogen-bond acceptors (Lipinski definition) is 2. The van der Waals surface area contributed by atoms with Gasteiger partial charge < -0.3 is 5.11 Å². The molecule has 0 amide bonds. The predicted octanol–water partition coefficient (Wildman–Crippen LogP) is 2.07. The SMILES string of the molecule is CC/C=C\CCC(O)CC(C)=O. The fourth-order valence-corrected chi connectivity index (χ4v) is 1.01. The van der Waals surface area contributed by atoms with Gasteiger partial charge in [0.05, 0.1) is 6.10 Å². The summed E-state index contributed by atoms with van der Waals surface area (Å²) >= 11 is 0. The Bertz CT molecular complexity index is 150. The number of rotatable bonds is 6. The molecule has 1 unspecified atom stereocenters. The molecule has 0 rings (SSSR count). The third kappa shape index (κ3) is 7.48. The van der Waals surface area contributed by atoms with Gasteiger partial charge in [0.2, 0.25) is 0 Å². The molecule has 0 aliphatic carbocycles. The van der Waals surface area contributed by atoms with Crippen molar-refractivity contribution in [3.8, 4) is 0 Å². The van der Waals surface area contributed by atoms with E-state index in [9.17, 15) is 9.90 Å². The molecule has 1 atom stereocenters. The molecule has 12 heavy (non-hydrogen) atoms. The molecule has 0 radical (unpaired) electrons. The molecule has 70 valence electrons. The van der Waals surface area contributed by atoms with Crippen LogP contribution in [0, 0.1) is 0 Å². The van der Waals surface area contributed by atoms with Gasteiger partial charge >= 0.3 is 0 Å². The van der Waals surface area contributed by atoms with Crippen molar-refractivity contribution in [1.82, 2.24) is 0 Å². The lowest BCUT2D eigenvalue weighted by Gasteiger charge is -2.05.